The number of phenols is 1. The van der Waals surface area contributed by atoms with Crippen molar-refractivity contribution in [1.82, 2.24) is 0 Å². The van der Waals surface area contributed by atoms with Crippen LogP contribution in [0, 0.1) is 6.92 Å². The van der Waals surface area contributed by atoms with Crippen molar-refractivity contribution < 1.29 is 14.9 Å². The number of halogens is 1. The second kappa shape index (κ2) is 5.39. The number of ether oxygens (including phenoxy) is 1. The van der Waals surface area contributed by atoms with Gasteiger partial charge in [0.25, 0.3) is 0 Å². The van der Waals surface area contributed by atoms with Crippen LogP contribution in [0.1, 0.15) is 23.7 Å². The maximum atomic E-state index is 9.91. The minimum atomic E-state index is -0.836. The number of benzene rings is 1. The third-order valence-electron chi connectivity index (χ3n) is 2.47. The van der Waals surface area contributed by atoms with Gasteiger partial charge in [-0.15, -0.1) is 0 Å². The summed E-state index contributed by atoms with van der Waals surface area (Å²) in [6.45, 7) is 2.06. The van der Waals surface area contributed by atoms with Crippen molar-refractivity contribution in [2.45, 2.75) is 19.4 Å². The van der Waals surface area contributed by atoms with Gasteiger partial charge >= 0.3 is 0 Å². The van der Waals surface area contributed by atoms with E-state index in [1.54, 1.807) is 6.92 Å². The highest BCUT2D eigenvalue weighted by atomic mass is 35.5. The topological polar surface area (TPSA) is 75.7 Å². The van der Waals surface area contributed by atoms with E-state index < -0.39 is 6.10 Å². The van der Waals surface area contributed by atoms with Gasteiger partial charge in [0, 0.05) is 16.1 Å². The molecule has 1 aromatic rings. The summed E-state index contributed by atoms with van der Waals surface area (Å²) >= 11 is 5.98. The number of phenolic OH excluding ortho intramolecular Hbond substituents is 1. The summed E-state index contributed by atoms with van der Waals surface area (Å²) in [6.07, 6.45) is -0.479. The molecular formula is C11H16ClNO3. The summed E-state index contributed by atoms with van der Waals surface area (Å²) in [5.74, 6) is 0.212. The highest BCUT2D eigenvalue weighted by Crippen LogP contribution is 2.41. The predicted molar refractivity (Wildman–Crippen MR) is 63.0 cm³/mol. The van der Waals surface area contributed by atoms with Crippen molar-refractivity contribution in [1.29, 1.82) is 0 Å². The molecule has 0 bridgehead atoms. The van der Waals surface area contributed by atoms with Gasteiger partial charge < -0.3 is 20.7 Å². The second-order valence-corrected chi connectivity index (χ2v) is 3.95. The first-order valence-electron chi connectivity index (χ1n) is 4.97. The highest BCUT2D eigenvalue weighted by Gasteiger charge is 2.19. The zero-order valence-corrected chi connectivity index (χ0v) is 10.1. The van der Waals surface area contributed by atoms with Gasteiger partial charge in [-0.1, -0.05) is 11.6 Å². The van der Waals surface area contributed by atoms with E-state index >= 15 is 0 Å². The lowest BCUT2D eigenvalue weighted by Gasteiger charge is -2.16. The van der Waals surface area contributed by atoms with E-state index in [9.17, 15) is 10.2 Å². The molecule has 1 rings (SSSR count). The monoisotopic (exact) mass is 245 g/mol. The molecule has 0 aromatic heterocycles. The van der Waals surface area contributed by atoms with Crippen molar-refractivity contribution in [3.05, 3.63) is 22.2 Å². The molecule has 0 aliphatic carbocycles. The van der Waals surface area contributed by atoms with Crippen molar-refractivity contribution in [3.63, 3.8) is 0 Å². The van der Waals surface area contributed by atoms with E-state index in [2.05, 4.69) is 0 Å². The Morgan fingerprint density at radius 3 is 2.69 bits per heavy atom. The Balaban J connectivity index is 3.25. The molecule has 16 heavy (non-hydrogen) atoms. The number of hydrogen-bond acceptors (Lipinski definition) is 4. The molecule has 0 fully saturated rings. The fourth-order valence-corrected chi connectivity index (χ4v) is 1.75. The molecule has 4 N–H and O–H groups in total. The molecule has 1 aromatic carbocycles. The molecule has 1 unspecified atom stereocenters. The minimum Gasteiger partial charge on any atom is -0.504 e. The molecule has 0 heterocycles. The number of hydrogen-bond donors (Lipinski definition) is 3. The normalized spacial score (nSPS) is 12.6. The van der Waals surface area contributed by atoms with Crippen LogP contribution >= 0.6 is 11.6 Å². The third kappa shape index (κ3) is 2.40. The molecule has 0 aliphatic rings. The van der Waals surface area contributed by atoms with E-state index in [-0.39, 0.29) is 5.75 Å². The summed E-state index contributed by atoms with van der Waals surface area (Å²) in [6, 6.07) is 1.54. The SMILES string of the molecule is COc1c(C)c(Cl)cc(C(O)CCN)c1O. The van der Waals surface area contributed by atoms with Gasteiger partial charge in [0.2, 0.25) is 0 Å². The van der Waals surface area contributed by atoms with Crippen molar-refractivity contribution in [2.75, 3.05) is 13.7 Å². The Bertz CT molecular complexity index is 382. The lowest BCUT2D eigenvalue weighted by atomic mass is 10.0. The van der Waals surface area contributed by atoms with Crippen LogP contribution in [0.15, 0.2) is 6.07 Å². The summed E-state index contributed by atoms with van der Waals surface area (Å²) in [5.41, 5.74) is 6.34. The number of aliphatic hydroxyl groups is 1. The maximum Gasteiger partial charge on any atom is 0.165 e. The first-order valence-corrected chi connectivity index (χ1v) is 5.34. The molecule has 0 saturated carbocycles. The van der Waals surface area contributed by atoms with E-state index in [1.807, 2.05) is 0 Å². The Morgan fingerprint density at radius 1 is 1.56 bits per heavy atom. The average Bonchev–Trinajstić information content (AvgIpc) is 2.24. The van der Waals surface area contributed by atoms with Gasteiger partial charge in [-0.2, -0.15) is 0 Å². The van der Waals surface area contributed by atoms with Crippen LogP contribution in [0.4, 0.5) is 0 Å². The predicted octanol–water partition coefficient (Wildman–Crippen LogP) is 1.74. The molecular weight excluding hydrogens is 230 g/mol. The zero-order valence-electron chi connectivity index (χ0n) is 9.33. The number of rotatable bonds is 4. The fraction of sp³-hybridized carbons (Fsp3) is 0.455. The minimum absolute atomic E-state index is 0.0784. The lowest BCUT2D eigenvalue weighted by Crippen LogP contribution is -2.07. The van der Waals surface area contributed by atoms with Gasteiger partial charge in [0.15, 0.2) is 11.5 Å². The summed E-state index contributed by atoms with van der Waals surface area (Å²) in [4.78, 5) is 0. The van der Waals surface area contributed by atoms with Crippen LogP contribution in [0.25, 0.3) is 0 Å². The van der Waals surface area contributed by atoms with Crippen LogP contribution in [0.3, 0.4) is 0 Å². The van der Waals surface area contributed by atoms with Gasteiger partial charge in [-0.25, -0.2) is 0 Å². The van der Waals surface area contributed by atoms with Crippen molar-refractivity contribution in [2.24, 2.45) is 5.73 Å². The fourth-order valence-electron chi connectivity index (χ4n) is 1.55. The van der Waals surface area contributed by atoms with Crippen molar-refractivity contribution >= 4 is 11.6 Å². The van der Waals surface area contributed by atoms with Crippen LogP contribution in [0.5, 0.6) is 11.5 Å². The van der Waals surface area contributed by atoms with E-state index in [1.165, 1.54) is 13.2 Å². The quantitative estimate of drug-likeness (QED) is 0.755. The van der Waals surface area contributed by atoms with Gasteiger partial charge in [0.05, 0.1) is 13.2 Å². The summed E-state index contributed by atoms with van der Waals surface area (Å²) in [7, 11) is 1.44. The van der Waals surface area contributed by atoms with E-state index in [0.29, 0.717) is 34.9 Å². The van der Waals surface area contributed by atoms with Crippen molar-refractivity contribution in [3.8, 4) is 11.5 Å². The van der Waals surface area contributed by atoms with E-state index in [4.69, 9.17) is 22.1 Å². The Morgan fingerprint density at radius 2 is 2.19 bits per heavy atom. The van der Waals surface area contributed by atoms with E-state index in [0.717, 1.165) is 0 Å². The Hall–Kier alpha value is -0.970. The molecule has 0 spiro atoms. The molecule has 5 heteroatoms. The first-order chi connectivity index (χ1) is 7.52. The van der Waals surface area contributed by atoms with Crippen LogP contribution in [0.2, 0.25) is 5.02 Å². The smallest absolute Gasteiger partial charge is 0.165 e. The molecule has 0 amide bonds. The lowest BCUT2D eigenvalue weighted by molar-refractivity contribution is 0.165. The summed E-state index contributed by atoms with van der Waals surface area (Å²) in [5, 5.41) is 20.1. The number of nitrogens with two attached hydrogens (primary N) is 1. The van der Waals surface area contributed by atoms with Crippen LogP contribution < -0.4 is 10.5 Å². The molecule has 90 valence electrons. The third-order valence-corrected chi connectivity index (χ3v) is 2.87. The zero-order chi connectivity index (χ0) is 12.3. The average molecular weight is 246 g/mol. The van der Waals surface area contributed by atoms with Gasteiger partial charge in [-0.05, 0) is 26.0 Å². The largest absolute Gasteiger partial charge is 0.504 e. The number of methoxy groups -OCH3 is 1. The standard InChI is InChI=1S/C11H16ClNO3/c1-6-8(12)5-7(9(14)3-4-13)10(15)11(6)16-2/h5,9,14-15H,3-4,13H2,1-2H3. The van der Waals surface area contributed by atoms with Crippen LogP contribution in [-0.2, 0) is 0 Å². The molecule has 4 nitrogen and oxygen atoms in total. The number of aromatic hydroxyl groups is 1. The Kier molecular flexibility index (Phi) is 4.41. The Labute approximate surface area is 99.6 Å². The molecule has 1 atom stereocenters. The second-order valence-electron chi connectivity index (χ2n) is 3.55. The number of aliphatic hydroxyl groups excluding tert-OH is 1. The maximum absolute atomic E-state index is 9.91. The van der Waals surface area contributed by atoms with Gasteiger partial charge in [-0.3, -0.25) is 0 Å². The molecule has 0 saturated heterocycles. The first kappa shape index (κ1) is 13.1. The van der Waals surface area contributed by atoms with Gasteiger partial charge in [0.1, 0.15) is 0 Å². The molecule has 0 aliphatic heterocycles. The summed E-state index contributed by atoms with van der Waals surface area (Å²) < 4.78 is 5.05. The van der Waals surface area contributed by atoms with Crippen LogP contribution in [-0.4, -0.2) is 23.9 Å². The highest BCUT2D eigenvalue weighted by molar-refractivity contribution is 6.31. The molecule has 0 radical (unpaired) electrons.